The van der Waals surface area contributed by atoms with Crippen molar-refractivity contribution in [3.63, 3.8) is 0 Å². The normalized spacial score (nSPS) is 11.6. The molecule has 7 nitrogen and oxygen atoms in total. The lowest BCUT2D eigenvalue weighted by atomic mass is 10.2. The Bertz CT molecular complexity index is 1180. The molecule has 0 unspecified atom stereocenters. The van der Waals surface area contributed by atoms with Crippen LogP contribution in [-0.2, 0) is 21.2 Å². The first kappa shape index (κ1) is 21.1. The number of phenolic OH excluding ortho intramolecular Hbond substituents is 1. The van der Waals surface area contributed by atoms with Crippen LogP contribution >= 0.6 is 11.3 Å². The Hall–Kier alpha value is -2.65. The SMILES string of the molecule is CCS(=O)(=O)c1ccc(O)c(NC(=O)Cn2c(C)cc(-c3csc(C)n3)c2C)c1. The second-order valence-corrected chi connectivity index (χ2v) is 10.1. The van der Waals surface area contributed by atoms with Gasteiger partial charge in [0.2, 0.25) is 5.91 Å². The number of carbonyl (C=O) groups is 1. The molecule has 0 bridgehead atoms. The van der Waals surface area contributed by atoms with E-state index in [2.05, 4.69) is 10.3 Å². The maximum Gasteiger partial charge on any atom is 0.244 e. The minimum atomic E-state index is -3.44. The molecule has 2 N–H and O–H groups in total. The summed E-state index contributed by atoms with van der Waals surface area (Å²) in [7, 11) is -3.44. The number of carbonyl (C=O) groups excluding carboxylic acids is 1. The number of benzene rings is 1. The Morgan fingerprint density at radius 2 is 1.97 bits per heavy atom. The molecule has 0 aliphatic rings. The topological polar surface area (TPSA) is 101 Å². The number of anilines is 1. The minimum absolute atomic E-state index is 0.0327. The van der Waals surface area contributed by atoms with Gasteiger partial charge in [-0.25, -0.2) is 13.4 Å². The summed E-state index contributed by atoms with van der Waals surface area (Å²) in [6.07, 6.45) is 0. The van der Waals surface area contributed by atoms with E-state index in [-0.39, 0.29) is 34.5 Å². The summed E-state index contributed by atoms with van der Waals surface area (Å²) < 4.78 is 26.0. The average Bonchev–Trinajstić information content (AvgIpc) is 3.21. The third kappa shape index (κ3) is 4.35. The van der Waals surface area contributed by atoms with Gasteiger partial charge in [0.05, 0.1) is 27.0 Å². The molecule has 0 spiro atoms. The zero-order valence-corrected chi connectivity index (χ0v) is 18.3. The number of nitrogens with zero attached hydrogens (tertiary/aromatic N) is 2. The van der Waals surface area contributed by atoms with Gasteiger partial charge in [0, 0.05) is 22.3 Å². The molecule has 0 aliphatic carbocycles. The van der Waals surface area contributed by atoms with Crippen molar-refractivity contribution in [1.82, 2.24) is 9.55 Å². The summed E-state index contributed by atoms with van der Waals surface area (Å²) in [4.78, 5) is 17.2. The van der Waals surface area contributed by atoms with Crippen molar-refractivity contribution in [1.29, 1.82) is 0 Å². The van der Waals surface area contributed by atoms with Gasteiger partial charge in [0.15, 0.2) is 9.84 Å². The number of aromatic hydroxyl groups is 1. The average molecular weight is 434 g/mol. The zero-order chi connectivity index (χ0) is 21.3. The van der Waals surface area contributed by atoms with Crippen LogP contribution in [0.25, 0.3) is 11.3 Å². The first-order valence-corrected chi connectivity index (χ1v) is 11.6. The third-order valence-corrected chi connectivity index (χ3v) is 7.26. The van der Waals surface area contributed by atoms with Crippen molar-refractivity contribution in [2.24, 2.45) is 0 Å². The summed E-state index contributed by atoms with van der Waals surface area (Å²) in [5.41, 5.74) is 3.74. The first-order valence-electron chi connectivity index (χ1n) is 9.07. The van der Waals surface area contributed by atoms with Crippen molar-refractivity contribution in [2.75, 3.05) is 11.1 Å². The lowest BCUT2D eigenvalue weighted by molar-refractivity contribution is -0.116. The van der Waals surface area contributed by atoms with Crippen LogP contribution in [0, 0.1) is 20.8 Å². The van der Waals surface area contributed by atoms with Gasteiger partial charge in [-0.3, -0.25) is 4.79 Å². The van der Waals surface area contributed by atoms with Gasteiger partial charge in [-0.1, -0.05) is 6.92 Å². The fraction of sp³-hybridized carbons (Fsp3) is 0.300. The molecular formula is C20H23N3O4S2. The van der Waals surface area contributed by atoms with E-state index < -0.39 is 9.84 Å². The van der Waals surface area contributed by atoms with Gasteiger partial charge in [0.1, 0.15) is 12.3 Å². The fourth-order valence-corrected chi connectivity index (χ4v) is 4.62. The quantitative estimate of drug-likeness (QED) is 0.578. The standard InChI is InChI=1S/C20H23N3O4S2/c1-5-29(26,27)15-6-7-19(24)17(9-15)22-20(25)10-23-12(2)8-16(13(23)3)18-11-28-14(4)21-18/h6-9,11,24H,5,10H2,1-4H3,(H,22,25). The van der Waals surface area contributed by atoms with Crippen LogP contribution in [0.1, 0.15) is 23.3 Å². The van der Waals surface area contributed by atoms with Crippen LogP contribution in [0.4, 0.5) is 5.69 Å². The van der Waals surface area contributed by atoms with Crippen molar-refractivity contribution in [3.8, 4) is 17.0 Å². The van der Waals surface area contributed by atoms with Gasteiger partial charge in [-0.05, 0) is 45.0 Å². The maximum absolute atomic E-state index is 12.6. The van der Waals surface area contributed by atoms with E-state index in [0.717, 1.165) is 27.7 Å². The summed E-state index contributed by atoms with van der Waals surface area (Å²) in [5, 5.41) is 15.6. The Labute approximate surface area is 174 Å². The molecule has 1 aromatic carbocycles. The van der Waals surface area contributed by atoms with Crippen molar-refractivity contribution >= 4 is 32.8 Å². The first-order chi connectivity index (χ1) is 13.6. The molecule has 154 valence electrons. The number of aryl methyl sites for hydroxylation is 2. The number of sulfone groups is 1. The summed E-state index contributed by atoms with van der Waals surface area (Å²) in [6, 6.07) is 5.87. The molecule has 0 saturated carbocycles. The second kappa shape index (κ2) is 8.00. The number of rotatable bonds is 6. The third-order valence-electron chi connectivity index (χ3n) is 4.75. The lowest BCUT2D eigenvalue weighted by Gasteiger charge is -2.12. The van der Waals surface area contributed by atoms with E-state index in [4.69, 9.17) is 0 Å². The number of nitrogens with one attached hydrogen (secondary N) is 1. The Morgan fingerprint density at radius 1 is 1.24 bits per heavy atom. The van der Waals surface area contributed by atoms with Crippen LogP contribution in [0.15, 0.2) is 34.5 Å². The lowest BCUT2D eigenvalue weighted by Crippen LogP contribution is -2.20. The van der Waals surface area contributed by atoms with Crippen molar-refractivity contribution < 1.29 is 18.3 Å². The molecule has 9 heteroatoms. The number of thiazole rings is 1. The molecule has 0 fully saturated rings. The predicted molar refractivity (Wildman–Crippen MR) is 114 cm³/mol. The molecule has 3 rings (SSSR count). The van der Waals surface area contributed by atoms with E-state index in [1.165, 1.54) is 18.2 Å². The minimum Gasteiger partial charge on any atom is -0.506 e. The molecule has 2 heterocycles. The molecule has 3 aromatic rings. The van der Waals surface area contributed by atoms with Gasteiger partial charge in [-0.15, -0.1) is 11.3 Å². The summed E-state index contributed by atoms with van der Waals surface area (Å²) in [6.45, 7) is 7.36. The predicted octanol–water partition coefficient (Wildman–Crippen LogP) is 3.67. The van der Waals surface area contributed by atoms with E-state index in [0.29, 0.717) is 0 Å². The number of hydrogen-bond donors (Lipinski definition) is 2. The number of amides is 1. The van der Waals surface area contributed by atoms with E-state index in [1.807, 2.05) is 36.8 Å². The van der Waals surface area contributed by atoms with E-state index in [1.54, 1.807) is 18.3 Å². The van der Waals surface area contributed by atoms with Crippen LogP contribution < -0.4 is 5.32 Å². The Balaban J connectivity index is 1.84. The van der Waals surface area contributed by atoms with E-state index >= 15 is 0 Å². The highest BCUT2D eigenvalue weighted by Gasteiger charge is 2.18. The van der Waals surface area contributed by atoms with Crippen LogP contribution in [0.5, 0.6) is 5.75 Å². The highest BCUT2D eigenvalue weighted by atomic mass is 32.2. The maximum atomic E-state index is 12.6. The van der Waals surface area contributed by atoms with Crippen molar-refractivity contribution in [2.45, 2.75) is 39.1 Å². The highest BCUT2D eigenvalue weighted by molar-refractivity contribution is 7.91. The molecule has 1 amide bonds. The van der Waals surface area contributed by atoms with Crippen LogP contribution in [0.3, 0.4) is 0 Å². The Kier molecular flexibility index (Phi) is 5.81. The Morgan fingerprint density at radius 3 is 2.59 bits per heavy atom. The highest BCUT2D eigenvalue weighted by Crippen LogP contribution is 2.29. The van der Waals surface area contributed by atoms with Gasteiger partial charge < -0.3 is 15.0 Å². The number of aromatic nitrogens is 2. The number of phenols is 1. The zero-order valence-electron chi connectivity index (χ0n) is 16.7. The second-order valence-electron chi connectivity index (χ2n) is 6.75. The molecule has 2 aromatic heterocycles. The monoisotopic (exact) mass is 433 g/mol. The summed E-state index contributed by atoms with van der Waals surface area (Å²) >= 11 is 1.57. The van der Waals surface area contributed by atoms with Gasteiger partial charge in [-0.2, -0.15) is 0 Å². The van der Waals surface area contributed by atoms with Crippen LogP contribution in [0.2, 0.25) is 0 Å². The molecule has 0 atom stereocenters. The molecule has 0 aliphatic heterocycles. The van der Waals surface area contributed by atoms with Crippen molar-refractivity contribution in [3.05, 3.63) is 46.0 Å². The van der Waals surface area contributed by atoms with E-state index in [9.17, 15) is 18.3 Å². The summed E-state index contributed by atoms with van der Waals surface area (Å²) in [5.74, 6) is -0.617. The van der Waals surface area contributed by atoms with Gasteiger partial charge in [0.25, 0.3) is 0 Å². The fourth-order valence-electron chi connectivity index (χ4n) is 3.10. The number of hydrogen-bond acceptors (Lipinski definition) is 6. The largest absolute Gasteiger partial charge is 0.506 e. The molecule has 0 saturated heterocycles. The molecule has 29 heavy (non-hydrogen) atoms. The molecule has 0 radical (unpaired) electrons. The van der Waals surface area contributed by atoms with Crippen LogP contribution in [-0.4, -0.2) is 34.7 Å². The van der Waals surface area contributed by atoms with Gasteiger partial charge >= 0.3 is 0 Å². The smallest absolute Gasteiger partial charge is 0.244 e. The molecular weight excluding hydrogens is 410 g/mol.